The lowest BCUT2D eigenvalue weighted by Crippen LogP contribution is -2.61. The van der Waals surface area contributed by atoms with E-state index >= 15 is 0 Å². The number of hydrogen-bond donors (Lipinski definition) is 5. The normalized spacial score (nSPS) is 13.5. The summed E-state index contributed by atoms with van der Waals surface area (Å²) >= 11 is 4.26. The van der Waals surface area contributed by atoms with E-state index in [0.717, 1.165) is 5.56 Å². The smallest absolute Gasteiger partial charge is 0.350 e. The summed E-state index contributed by atoms with van der Waals surface area (Å²) in [6.07, 6.45) is -0.451. The van der Waals surface area contributed by atoms with Gasteiger partial charge in [0.2, 0.25) is 11.6 Å². The summed E-state index contributed by atoms with van der Waals surface area (Å²) in [5.74, 6) is -2.95. The average Bonchev–Trinajstić information content (AvgIpc) is 2.76. The van der Waals surface area contributed by atoms with Crippen LogP contribution < -0.4 is 15.4 Å². The third-order valence-corrected chi connectivity index (χ3v) is 5.22. The molecule has 0 bridgehead atoms. The fourth-order valence-electron chi connectivity index (χ4n) is 3.04. The monoisotopic (exact) mass is 446 g/mol. The Morgan fingerprint density at radius 2 is 1.71 bits per heavy atom. The molecule has 8 nitrogen and oxygen atoms in total. The van der Waals surface area contributed by atoms with E-state index in [1.54, 1.807) is 24.3 Å². The summed E-state index contributed by atoms with van der Waals surface area (Å²) in [6.45, 7) is 0. The Bertz CT molecular complexity index is 891. The molecule has 0 aliphatic carbocycles. The van der Waals surface area contributed by atoms with Gasteiger partial charge in [-0.2, -0.15) is 12.6 Å². The summed E-state index contributed by atoms with van der Waals surface area (Å²) in [7, 11) is 1.50. The molecule has 2 aromatic carbocycles. The first-order valence-electron chi connectivity index (χ1n) is 9.64. The molecule has 0 heterocycles. The average molecular weight is 447 g/mol. The minimum absolute atomic E-state index is 0.192. The number of nitrogens with one attached hydrogen (secondary N) is 2. The van der Waals surface area contributed by atoms with Crippen LogP contribution in [0.5, 0.6) is 5.75 Å². The van der Waals surface area contributed by atoms with E-state index in [1.165, 1.54) is 7.11 Å². The van der Waals surface area contributed by atoms with Gasteiger partial charge in [0.1, 0.15) is 5.75 Å². The van der Waals surface area contributed by atoms with Crippen molar-refractivity contribution in [2.24, 2.45) is 5.92 Å². The molecule has 0 radical (unpaired) electrons. The predicted octanol–water partition coefficient (Wildman–Crippen LogP) is 2.66. The largest absolute Gasteiger partial charge is 0.497 e. The minimum Gasteiger partial charge on any atom is -0.497 e. The van der Waals surface area contributed by atoms with Gasteiger partial charge in [0, 0.05) is 24.3 Å². The lowest BCUT2D eigenvalue weighted by molar-refractivity contribution is -0.148. The Labute approximate surface area is 186 Å². The molecule has 0 spiro atoms. The summed E-state index contributed by atoms with van der Waals surface area (Å²) in [6, 6.07) is 15.7. The van der Waals surface area contributed by atoms with Crippen LogP contribution in [0.1, 0.15) is 18.4 Å². The van der Waals surface area contributed by atoms with Gasteiger partial charge in [0.15, 0.2) is 0 Å². The zero-order valence-electron chi connectivity index (χ0n) is 17.1. The van der Waals surface area contributed by atoms with Gasteiger partial charge in [-0.3, -0.25) is 9.59 Å². The molecule has 1 unspecified atom stereocenters. The standard InChI is InChI=1S/C22H26N2O6S/c1-30-18-9-7-17(8-10-18)23-22(21(28)29,12-11-19(25)26)24-20(27)16(14-31)13-15-5-3-2-4-6-15/h2-10,16,23,31H,11-14H2,1H3,(H,24,27)(H,25,26)(H,28,29)/t16?,22-/m0/s1. The molecule has 1 amide bonds. The number of anilines is 1. The highest BCUT2D eigenvalue weighted by molar-refractivity contribution is 7.80. The van der Waals surface area contributed by atoms with Crippen molar-refractivity contribution in [3.05, 3.63) is 60.2 Å². The van der Waals surface area contributed by atoms with Crippen LogP contribution in [-0.2, 0) is 20.8 Å². The maximum atomic E-state index is 13.0. The molecule has 0 aliphatic rings. The number of carbonyl (C=O) groups excluding carboxylic acids is 1. The molecule has 2 atom stereocenters. The molecule has 2 rings (SSSR count). The van der Waals surface area contributed by atoms with Crippen LogP contribution in [0, 0.1) is 5.92 Å². The second-order valence-electron chi connectivity index (χ2n) is 7.02. The first-order chi connectivity index (χ1) is 14.8. The van der Waals surface area contributed by atoms with Crippen molar-refractivity contribution in [1.82, 2.24) is 5.32 Å². The molecular weight excluding hydrogens is 420 g/mol. The molecule has 0 aromatic heterocycles. The Kier molecular flexibility index (Phi) is 8.75. The zero-order valence-corrected chi connectivity index (χ0v) is 18.0. The summed E-state index contributed by atoms with van der Waals surface area (Å²) in [5.41, 5.74) is -0.715. The van der Waals surface area contributed by atoms with Crippen molar-refractivity contribution in [3.8, 4) is 5.75 Å². The Balaban J connectivity index is 2.29. The molecule has 166 valence electrons. The van der Waals surface area contributed by atoms with Gasteiger partial charge in [-0.15, -0.1) is 0 Å². The van der Waals surface area contributed by atoms with Gasteiger partial charge < -0.3 is 25.6 Å². The molecule has 0 aliphatic heterocycles. The fraction of sp³-hybridized carbons (Fsp3) is 0.318. The molecule has 0 saturated carbocycles. The molecular formula is C22H26N2O6S. The van der Waals surface area contributed by atoms with E-state index < -0.39 is 35.8 Å². The van der Waals surface area contributed by atoms with E-state index in [4.69, 9.17) is 9.84 Å². The lowest BCUT2D eigenvalue weighted by atomic mass is 9.97. The molecule has 9 heteroatoms. The first-order valence-corrected chi connectivity index (χ1v) is 10.3. The lowest BCUT2D eigenvalue weighted by Gasteiger charge is -2.33. The number of rotatable bonds is 12. The highest BCUT2D eigenvalue weighted by Crippen LogP contribution is 2.23. The number of thiol groups is 1. The van der Waals surface area contributed by atoms with E-state index in [9.17, 15) is 19.5 Å². The van der Waals surface area contributed by atoms with E-state index in [2.05, 4.69) is 23.3 Å². The second-order valence-corrected chi connectivity index (χ2v) is 7.38. The van der Waals surface area contributed by atoms with Crippen LogP contribution in [-0.4, -0.2) is 46.6 Å². The van der Waals surface area contributed by atoms with E-state index in [0.29, 0.717) is 17.9 Å². The van der Waals surface area contributed by atoms with Crippen molar-refractivity contribution >= 4 is 36.2 Å². The zero-order chi connectivity index (χ0) is 22.9. The van der Waals surface area contributed by atoms with Gasteiger partial charge >= 0.3 is 11.9 Å². The third-order valence-electron chi connectivity index (χ3n) is 4.78. The van der Waals surface area contributed by atoms with Crippen LogP contribution >= 0.6 is 12.6 Å². The Hall–Kier alpha value is -3.20. The van der Waals surface area contributed by atoms with Crippen molar-refractivity contribution in [2.75, 3.05) is 18.2 Å². The number of carbonyl (C=O) groups is 3. The predicted molar refractivity (Wildman–Crippen MR) is 119 cm³/mol. The number of hydrogen-bond acceptors (Lipinski definition) is 6. The number of methoxy groups -OCH3 is 1. The Morgan fingerprint density at radius 3 is 2.23 bits per heavy atom. The number of carboxylic acids is 2. The number of benzene rings is 2. The minimum atomic E-state index is -2.01. The molecule has 0 fully saturated rings. The summed E-state index contributed by atoms with van der Waals surface area (Å²) in [4.78, 5) is 36.4. The van der Waals surface area contributed by atoms with Crippen LogP contribution in [0.4, 0.5) is 5.69 Å². The highest BCUT2D eigenvalue weighted by Gasteiger charge is 2.41. The SMILES string of the molecule is COc1ccc(N[C@@](CCC(=O)O)(NC(=O)C(CS)Cc2ccccc2)C(=O)O)cc1. The summed E-state index contributed by atoms with van der Waals surface area (Å²) < 4.78 is 5.09. The maximum absolute atomic E-state index is 13.0. The van der Waals surface area contributed by atoms with Crippen LogP contribution in [0.2, 0.25) is 0 Å². The van der Waals surface area contributed by atoms with Crippen molar-refractivity contribution in [3.63, 3.8) is 0 Å². The van der Waals surface area contributed by atoms with Crippen LogP contribution in [0.25, 0.3) is 0 Å². The number of ether oxygens (including phenoxy) is 1. The third kappa shape index (κ3) is 6.92. The van der Waals surface area contributed by atoms with Crippen molar-refractivity contribution in [1.29, 1.82) is 0 Å². The summed E-state index contributed by atoms with van der Waals surface area (Å²) in [5, 5.41) is 24.4. The number of aliphatic carboxylic acids is 2. The topological polar surface area (TPSA) is 125 Å². The van der Waals surface area contributed by atoms with Gasteiger partial charge in [0.05, 0.1) is 13.0 Å². The number of carboxylic acid groups (broad SMARTS) is 2. The van der Waals surface area contributed by atoms with Gasteiger partial charge in [0.25, 0.3) is 0 Å². The second kappa shape index (κ2) is 11.3. The van der Waals surface area contributed by atoms with Crippen LogP contribution in [0.15, 0.2) is 54.6 Å². The molecule has 4 N–H and O–H groups in total. The van der Waals surface area contributed by atoms with Crippen LogP contribution in [0.3, 0.4) is 0 Å². The van der Waals surface area contributed by atoms with E-state index in [1.807, 2.05) is 30.3 Å². The van der Waals surface area contributed by atoms with E-state index in [-0.39, 0.29) is 12.2 Å². The number of amides is 1. The van der Waals surface area contributed by atoms with Gasteiger partial charge in [-0.1, -0.05) is 30.3 Å². The fourth-order valence-corrected chi connectivity index (χ4v) is 3.33. The quantitative estimate of drug-likeness (QED) is 0.251. The van der Waals surface area contributed by atoms with Crippen molar-refractivity contribution < 1.29 is 29.3 Å². The Morgan fingerprint density at radius 1 is 1.06 bits per heavy atom. The van der Waals surface area contributed by atoms with Crippen molar-refractivity contribution in [2.45, 2.75) is 24.9 Å². The van der Waals surface area contributed by atoms with Gasteiger partial charge in [-0.25, -0.2) is 4.79 Å². The highest BCUT2D eigenvalue weighted by atomic mass is 32.1. The molecule has 2 aromatic rings. The van der Waals surface area contributed by atoms with Gasteiger partial charge in [-0.05, 0) is 36.2 Å². The first kappa shape index (κ1) is 24.1. The molecule has 31 heavy (non-hydrogen) atoms. The molecule has 0 saturated heterocycles. The maximum Gasteiger partial charge on any atom is 0.350 e.